The van der Waals surface area contributed by atoms with Gasteiger partial charge in [0.1, 0.15) is 20.3 Å². The lowest BCUT2D eigenvalue weighted by Gasteiger charge is -2.46. The molecule has 0 aromatic heterocycles. The van der Waals surface area contributed by atoms with Gasteiger partial charge in [0.2, 0.25) is 0 Å². The molecule has 128 valence electrons. The van der Waals surface area contributed by atoms with Crippen LogP contribution in [0.2, 0.25) is 18.1 Å². The maximum Gasteiger partial charge on any atom is 0.338 e. The highest BCUT2D eigenvalue weighted by atomic mass is 28.3. The number of aliphatic hydroxyl groups is 2. The van der Waals surface area contributed by atoms with Gasteiger partial charge >= 0.3 is 5.97 Å². The first-order valence-electron chi connectivity index (χ1n) is 7.68. The number of esters is 1. The van der Waals surface area contributed by atoms with Gasteiger partial charge in [-0.05, 0) is 18.9 Å². The number of carbonyl (C=O) groups excluding carboxylic acids is 1. The van der Waals surface area contributed by atoms with Crippen LogP contribution in [-0.2, 0) is 19.0 Å². The highest BCUT2D eigenvalue weighted by Gasteiger charge is 2.76. The van der Waals surface area contributed by atoms with Gasteiger partial charge < -0.3 is 24.4 Å². The highest BCUT2D eigenvalue weighted by molar-refractivity contribution is 6.86. The average Bonchev–Trinajstić information content (AvgIpc) is 2.79. The summed E-state index contributed by atoms with van der Waals surface area (Å²) in [5.41, 5.74) is 0. The fraction of sp³-hybridized carbons (Fsp3) is 0.933. The minimum absolute atomic E-state index is 0.146. The fourth-order valence-corrected chi connectivity index (χ4v) is 6.39. The maximum atomic E-state index is 12.8. The van der Waals surface area contributed by atoms with Gasteiger partial charge in [-0.15, -0.1) is 0 Å². The van der Waals surface area contributed by atoms with Gasteiger partial charge in [-0.3, -0.25) is 0 Å². The van der Waals surface area contributed by atoms with Crippen molar-refractivity contribution in [2.75, 3.05) is 6.61 Å². The molecule has 0 aromatic carbocycles. The predicted molar refractivity (Wildman–Crippen MR) is 82.9 cm³/mol. The Bertz CT molecular complexity index is 469. The Morgan fingerprint density at radius 3 is 2.32 bits per heavy atom. The second-order valence-electron chi connectivity index (χ2n) is 8.27. The smallest absolute Gasteiger partial charge is 0.338 e. The monoisotopic (exact) mass is 332 g/mol. The molecule has 2 N–H and O–H groups in total. The number of hydrogen-bond donors (Lipinski definition) is 2. The summed E-state index contributed by atoms with van der Waals surface area (Å²) in [4.78, 5) is 12.8. The second kappa shape index (κ2) is 5.01. The molecule has 7 heteroatoms. The van der Waals surface area contributed by atoms with Crippen LogP contribution < -0.4 is 0 Å². The molecule has 0 bridgehead atoms. The fourth-order valence-electron chi connectivity index (χ4n) is 3.27. The SMILES string of the molecule is CC1(C)O[C@@H]2[C@H]([C@H](O)CO)OC(=O)[C@]2([Si](C)(C)C(C)(C)C)O1. The van der Waals surface area contributed by atoms with Crippen LogP contribution in [0.25, 0.3) is 0 Å². The summed E-state index contributed by atoms with van der Waals surface area (Å²) in [5.74, 6) is -1.42. The van der Waals surface area contributed by atoms with E-state index in [0.717, 1.165) is 0 Å². The molecule has 0 aromatic rings. The molecule has 4 atom stereocenters. The first kappa shape index (κ1) is 17.9. The van der Waals surface area contributed by atoms with E-state index >= 15 is 0 Å². The lowest BCUT2D eigenvalue weighted by Crippen LogP contribution is -2.67. The second-order valence-corrected chi connectivity index (χ2v) is 13.8. The van der Waals surface area contributed by atoms with E-state index in [4.69, 9.17) is 14.2 Å². The zero-order valence-corrected chi connectivity index (χ0v) is 15.5. The number of ether oxygens (including phenoxy) is 3. The number of carbonyl (C=O) groups is 1. The van der Waals surface area contributed by atoms with Crippen molar-refractivity contribution < 1.29 is 29.2 Å². The topological polar surface area (TPSA) is 85.2 Å². The summed E-state index contributed by atoms with van der Waals surface area (Å²) >= 11 is 0. The lowest BCUT2D eigenvalue weighted by atomic mass is 10.1. The molecule has 0 amide bonds. The van der Waals surface area contributed by atoms with Gasteiger partial charge in [-0.25, -0.2) is 4.79 Å². The Morgan fingerprint density at radius 1 is 1.32 bits per heavy atom. The van der Waals surface area contributed by atoms with Crippen molar-refractivity contribution in [2.45, 2.75) is 82.1 Å². The van der Waals surface area contributed by atoms with E-state index in [1.165, 1.54) is 0 Å². The van der Waals surface area contributed by atoms with E-state index in [0.29, 0.717) is 0 Å². The van der Waals surface area contributed by atoms with Gasteiger partial charge in [-0.1, -0.05) is 33.9 Å². The van der Waals surface area contributed by atoms with Gasteiger partial charge in [0, 0.05) is 0 Å². The van der Waals surface area contributed by atoms with E-state index in [9.17, 15) is 15.0 Å². The summed E-state index contributed by atoms with van der Waals surface area (Å²) in [6.07, 6.45) is -2.80. The van der Waals surface area contributed by atoms with E-state index in [1.807, 2.05) is 0 Å². The molecule has 0 radical (unpaired) electrons. The third-order valence-corrected chi connectivity index (χ3v) is 11.6. The van der Waals surface area contributed by atoms with Gasteiger partial charge in [0.25, 0.3) is 0 Å². The molecule has 2 aliphatic rings. The normalized spacial score (nSPS) is 36.1. The molecule has 2 aliphatic heterocycles. The molecule has 2 saturated heterocycles. The van der Waals surface area contributed by atoms with Crippen molar-refractivity contribution in [3.63, 3.8) is 0 Å². The Balaban J connectivity index is 2.57. The molecule has 0 unspecified atom stereocenters. The van der Waals surface area contributed by atoms with Crippen molar-refractivity contribution in [3.8, 4) is 0 Å². The van der Waals surface area contributed by atoms with Crippen LogP contribution in [-0.4, -0.2) is 60.2 Å². The van der Waals surface area contributed by atoms with Crippen molar-refractivity contribution in [2.24, 2.45) is 0 Å². The zero-order valence-electron chi connectivity index (χ0n) is 14.5. The summed E-state index contributed by atoms with van der Waals surface area (Å²) in [6, 6.07) is 0. The van der Waals surface area contributed by atoms with Gasteiger partial charge in [-0.2, -0.15) is 0 Å². The van der Waals surface area contributed by atoms with E-state index in [-0.39, 0.29) is 5.04 Å². The first-order chi connectivity index (χ1) is 9.80. The molecule has 2 heterocycles. The molecular weight excluding hydrogens is 304 g/mol. The quantitative estimate of drug-likeness (QED) is 0.597. The molecule has 22 heavy (non-hydrogen) atoms. The minimum Gasteiger partial charge on any atom is -0.455 e. The molecule has 0 saturated carbocycles. The predicted octanol–water partition coefficient (Wildman–Crippen LogP) is 1.20. The van der Waals surface area contributed by atoms with Gasteiger partial charge in [0.05, 0.1) is 6.61 Å². The highest BCUT2D eigenvalue weighted by Crippen LogP contribution is 2.55. The van der Waals surface area contributed by atoms with Crippen LogP contribution in [0.3, 0.4) is 0 Å². The molecule has 2 rings (SSSR count). The molecule has 2 fully saturated rings. The molecule has 0 spiro atoms. The summed E-state index contributed by atoms with van der Waals surface area (Å²) in [7, 11) is -2.39. The Morgan fingerprint density at radius 2 is 1.86 bits per heavy atom. The number of aliphatic hydroxyl groups excluding tert-OH is 2. The van der Waals surface area contributed by atoms with Crippen molar-refractivity contribution >= 4 is 14.0 Å². The lowest BCUT2D eigenvalue weighted by molar-refractivity contribution is -0.199. The largest absolute Gasteiger partial charge is 0.455 e. The van der Waals surface area contributed by atoms with Crippen molar-refractivity contribution in [1.82, 2.24) is 0 Å². The Kier molecular flexibility index (Phi) is 4.07. The Hall–Kier alpha value is -0.473. The van der Waals surface area contributed by atoms with E-state index in [1.54, 1.807) is 13.8 Å². The van der Waals surface area contributed by atoms with E-state index < -0.39 is 50.0 Å². The first-order valence-corrected chi connectivity index (χ1v) is 10.7. The number of cyclic esters (lactones) is 1. The standard InChI is InChI=1S/C15H28O6Si/c1-13(2,3)22(6,7)15-11(20-14(4,5)21-15)10(9(17)8-16)19-12(15)18/h9-11,16-17H,8H2,1-7H3/t9-,10+,11-,15+/m1/s1. The third kappa shape index (κ3) is 2.25. The maximum absolute atomic E-state index is 12.8. The van der Waals surface area contributed by atoms with Crippen LogP contribution in [0.1, 0.15) is 34.6 Å². The van der Waals surface area contributed by atoms with Crippen molar-refractivity contribution in [1.29, 1.82) is 0 Å². The number of fused-ring (bicyclic) bond motifs is 1. The average molecular weight is 332 g/mol. The van der Waals surface area contributed by atoms with Crippen LogP contribution in [0, 0.1) is 0 Å². The summed E-state index contributed by atoms with van der Waals surface area (Å²) < 4.78 is 17.5. The van der Waals surface area contributed by atoms with Crippen molar-refractivity contribution in [3.05, 3.63) is 0 Å². The zero-order chi connectivity index (χ0) is 17.1. The molecule has 6 nitrogen and oxygen atoms in total. The summed E-state index contributed by atoms with van der Waals surface area (Å²) in [6.45, 7) is 13.4. The van der Waals surface area contributed by atoms with Crippen LogP contribution in [0.4, 0.5) is 0 Å². The number of rotatable bonds is 3. The van der Waals surface area contributed by atoms with Gasteiger partial charge in [0.15, 0.2) is 17.1 Å². The van der Waals surface area contributed by atoms with Crippen LogP contribution >= 0.6 is 0 Å². The minimum atomic E-state index is -2.39. The number of hydrogen-bond acceptors (Lipinski definition) is 6. The molecule has 0 aliphatic carbocycles. The molecular formula is C15H28O6Si. The summed E-state index contributed by atoms with van der Waals surface area (Å²) in [5, 5.41) is 17.9. The third-order valence-electron chi connectivity index (χ3n) is 5.43. The van der Waals surface area contributed by atoms with Crippen LogP contribution in [0.15, 0.2) is 0 Å². The van der Waals surface area contributed by atoms with E-state index in [2.05, 4.69) is 33.9 Å². The van der Waals surface area contributed by atoms with Crippen LogP contribution in [0.5, 0.6) is 0 Å². The Labute approximate surface area is 132 Å².